The number of rotatable bonds is 7. The van der Waals surface area contributed by atoms with Crippen LogP contribution in [-0.2, 0) is 9.53 Å². The van der Waals surface area contributed by atoms with E-state index in [4.69, 9.17) is 4.74 Å². The van der Waals surface area contributed by atoms with Crippen molar-refractivity contribution in [2.45, 2.75) is 51.5 Å². The zero-order valence-corrected chi connectivity index (χ0v) is 17.1. The molecule has 0 spiro atoms. The van der Waals surface area contributed by atoms with Gasteiger partial charge in [0.25, 0.3) is 0 Å². The van der Waals surface area contributed by atoms with Crippen LogP contribution in [0.15, 0.2) is 11.5 Å². The number of hydrogen-bond donors (Lipinski definition) is 1. The van der Waals surface area contributed by atoms with Gasteiger partial charge in [-0.1, -0.05) is 19.3 Å². The summed E-state index contributed by atoms with van der Waals surface area (Å²) in [4.78, 5) is 18.5. The second-order valence-corrected chi connectivity index (χ2v) is 7.91. The van der Waals surface area contributed by atoms with Gasteiger partial charge in [-0.3, -0.25) is 0 Å². The number of carbonyl (C=O) groups excluding carboxylic acids is 1. The maximum absolute atomic E-state index is 11.3. The molecule has 146 valence electrons. The van der Waals surface area contributed by atoms with E-state index in [-0.39, 0.29) is 18.4 Å². The monoisotopic (exact) mass is 399 g/mol. The van der Waals surface area contributed by atoms with Crippen molar-refractivity contribution in [3.8, 4) is 0 Å². The third kappa shape index (κ3) is 6.56. The van der Waals surface area contributed by atoms with E-state index >= 15 is 0 Å². The lowest BCUT2D eigenvalue weighted by Gasteiger charge is -2.26. The molecule has 26 heavy (non-hydrogen) atoms. The summed E-state index contributed by atoms with van der Waals surface area (Å²) in [6, 6.07) is 0.483. The Labute approximate surface area is 166 Å². The lowest BCUT2D eigenvalue weighted by molar-refractivity contribution is -0.137. The van der Waals surface area contributed by atoms with E-state index in [0.29, 0.717) is 12.6 Å². The van der Waals surface area contributed by atoms with Crippen LogP contribution in [0.4, 0.5) is 5.13 Å². The van der Waals surface area contributed by atoms with E-state index in [2.05, 4.69) is 15.2 Å². The van der Waals surface area contributed by atoms with Crippen molar-refractivity contribution < 1.29 is 9.53 Å². The van der Waals surface area contributed by atoms with Gasteiger partial charge in [0.1, 0.15) is 0 Å². The number of thiazole rings is 1. The molecular weight excluding hydrogens is 370 g/mol. The Morgan fingerprint density at radius 2 is 2.19 bits per heavy atom. The smallest absolute Gasteiger partial charge is 0.330 e. The second kappa shape index (κ2) is 10.9. The Balaban J connectivity index is 0.00000243. The van der Waals surface area contributed by atoms with Crippen LogP contribution in [0.25, 0.3) is 6.08 Å². The number of esters is 1. The SMILES string of the molecule is CCOC(=O)/C=C/c1csc(N[C@@H]2CCN(CC3CCCCC3)C2)n1.Cl. The number of likely N-dealkylation sites (tertiary alicyclic amines) is 1. The van der Waals surface area contributed by atoms with Crippen molar-refractivity contribution >= 4 is 40.9 Å². The quantitative estimate of drug-likeness (QED) is 0.549. The number of halogens is 1. The first kappa shape index (κ1) is 21.2. The molecule has 0 aromatic carbocycles. The van der Waals surface area contributed by atoms with Gasteiger partial charge in [-0.2, -0.15) is 0 Å². The minimum Gasteiger partial charge on any atom is -0.463 e. The molecule has 0 amide bonds. The van der Waals surface area contributed by atoms with Crippen LogP contribution in [0.2, 0.25) is 0 Å². The summed E-state index contributed by atoms with van der Waals surface area (Å²) in [5.74, 6) is 0.589. The molecule has 1 aromatic rings. The first-order valence-corrected chi connectivity index (χ1v) is 10.4. The standard InChI is InChI=1S/C19H29N3O2S.ClH/c1-2-24-18(23)9-8-17-14-25-19(21-17)20-16-10-11-22(13-16)12-15-6-4-3-5-7-15;/h8-9,14-16H,2-7,10-13H2,1H3,(H,20,21);1H/b9-8+;/t16-;/m1./s1. The molecule has 1 saturated heterocycles. The van der Waals surface area contributed by atoms with Crippen molar-refractivity contribution in [3.63, 3.8) is 0 Å². The number of aromatic nitrogens is 1. The molecule has 2 heterocycles. The minimum atomic E-state index is -0.320. The Bertz CT molecular complexity index is 587. The Morgan fingerprint density at radius 1 is 1.38 bits per heavy atom. The fourth-order valence-electron chi connectivity index (χ4n) is 3.80. The second-order valence-electron chi connectivity index (χ2n) is 7.06. The number of nitrogens with zero attached hydrogens (tertiary/aromatic N) is 2. The fraction of sp³-hybridized carbons (Fsp3) is 0.684. The van der Waals surface area contributed by atoms with Gasteiger partial charge in [0.15, 0.2) is 5.13 Å². The normalized spacial score (nSPS) is 21.7. The van der Waals surface area contributed by atoms with Gasteiger partial charge in [-0.05, 0) is 38.2 Å². The molecule has 1 N–H and O–H groups in total. The van der Waals surface area contributed by atoms with Gasteiger partial charge in [0, 0.05) is 37.1 Å². The van der Waals surface area contributed by atoms with Crippen LogP contribution in [0.3, 0.4) is 0 Å². The molecular formula is C19H30ClN3O2S. The molecule has 0 radical (unpaired) electrons. The summed E-state index contributed by atoms with van der Waals surface area (Å²) >= 11 is 1.59. The lowest BCUT2D eigenvalue weighted by Crippen LogP contribution is -2.31. The summed E-state index contributed by atoms with van der Waals surface area (Å²) in [6.07, 6.45) is 11.4. The summed E-state index contributed by atoms with van der Waals surface area (Å²) in [6.45, 7) is 5.77. The predicted octanol–water partition coefficient (Wildman–Crippen LogP) is 4.21. The maximum atomic E-state index is 11.3. The van der Waals surface area contributed by atoms with Crippen LogP contribution < -0.4 is 5.32 Å². The Hall–Kier alpha value is -1.11. The van der Waals surface area contributed by atoms with Crippen LogP contribution in [0.1, 0.15) is 51.1 Å². The molecule has 2 fully saturated rings. The predicted molar refractivity (Wildman–Crippen MR) is 110 cm³/mol. The third-order valence-electron chi connectivity index (χ3n) is 5.04. The number of anilines is 1. The molecule has 1 saturated carbocycles. The molecule has 0 bridgehead atoms. The fourth-order valence-corrected chi connectivity index (χ4v) is 4.56. The molecule has 1 aliphatic carbocycles. The summed E-state index contributed by atoms with van der Waals surface area (Å²) in [5, 5.41) is 6.46. The highest BCUT2D eigenvalue weighted by molar-refractivity contribution is 7.13. The number of hydrogen-bond acceptors (Lipinski definition) is 6. The number of nitrogens with one attached hydrogen (secondary N) is 1. The van der Waals surface area contributed by atoms with E-state index in [9.17, 15) is 4.79 Å². The summed E-state index contributed by atoms with van der Waals surface area (Å²) in [7, 11) is 0. The average Bonchev–Trinajstić information content (AvgIpc) is 3.24. The molecule has 1 aliphatic heterocycles. The van der Waals surface area contributed by atoms with Crippen molar-refractivity contribution in [1.82, 2.24) is 9.88 Å². The van der Waals surface area contributed by atoms with Crippen molar-refractivity contribution in [2.24, 2.45) is 5.92 Å². The largest absolute Gasteiger partial charge is 0.463 e. The van der Waals surface area contributed by atoms with Crippen LogP contribution in [0, 0.1) is 5.92 Å². The Kier molecular flexibility index (Phi) is 8.88. The first-order chi connectivity index (χ1) is 12.2. The highest BCUT2D eigenvalue weighted by Gasteiger charge is 2.25. The van der Waals surface area contributed by atoms with Gasteiger partial charge in [0.05, 0.1) is 12.3 Å². The van der Waals surface area contributed by atoms with E-state index in [0.717, 1.165) is 23.3 Å². The van der Waals surface area contributed by atoms with Gasteiger partial charge in [-0.25, -0.2) is 9.78 Å². The average molecular weight is 400 g/mol. The molecule has 0 unspecified atom stereocenters. The van der Waals surface area contributed by atoms with Crippen LogP contribution in [-0.4, -0.2) is 48.1 Å². The molecule has 5 nitrogen and oxygen atoms in total. The molecule has 2 aliphatic rings. The van der Waals surface area contributed by atoms with Crippen molar-refractivity contribution in [1.29, 1.82) is 0 Å². The molecule has 1 aromatic heterocycles. The van der Waals surface area contributed by atoms with Crippen molar-refractivity contribution in [3.05, 3.63) is 17.2 Å². The molecule has 7 heteroatoms. The van der Waals surface area contributed by atoms with E-state index < -0.39 is 0 Å². The van der Waals surface area contributed by atoms with Crippen molar-refractivity contribution in [2.75, 3.05) is 31.6 Å². The zero-order valence-electron chi connectivity index (χ0n) is 15.5. The third-order valence-corrected chi connectivity index (χ3v) is 5.83. The lowest BCUT2D eigenvalue weighted by atomic mass is 9.89. The Morgan fingerprint density at radius 3 is 2.96 bits per heavy atom. The van der Waals surface area contributed by atoms with Crippen LogP contribution >= 0.6 is 23.7 Å². The number of ether oxygens (including phenoxy) is 1. The topological polar surface area (TPSA) is 54.5 Å². The molecule has 1 atom stereocenters. The first-order valence-electron chi connectivity index (χ1n) is 9.52. The number of carbonyl (C=O) groups is 1. The highest BCUT2D eigenvalue weighted by atomic mass is 35.5. The van der Waals surface area contributed by atoms with E-state index in [1.54, 1.807) is 24.3 Å². The van der Waals surface area contributed by atoms with Gasteiger partial charge in [-0.15, -0.1) is 23.7 Å². The summed E-state index contributed by atoms with van der Waals surface area (Å²) in [5.41, 5.74) is 0.803. The minimum absolute atomic E-state index is 0. The summed E-state index contributed by atoms with van der Waals surface area (Å²) < 4.78 is 4.88. The zero-order chi connectivity index (χ0) is 17.5. The van der Waals surface area contributed by atoms with E-state index in [1.165, 1.54) is 57.7 Å². The maximum Gasteiger partial charge on any atom is 0.330 e. The van der Waals surface area contributed by atoms with Gasteiger partial charge >= 0.3 is 5.97 Å². The van der Waals surface area contributed by atoms with Gasteiger partial charge < -0.3 is 15.0 Å². The van der Waals surface area contributed by atoms with E-state index in [1.807, 2.05) is 5.38 Å². The molecule has 3 rings (SSSR count). The highest BCUT2D eigenvalue weighted by Crippen LogP contribution is 2.26. The van der Waals surface area contributed by atoms with Crippen LogP contribution in [0.5, 0.6) is 0 Å². The van der Waals surface area contributed by atoms with Gasteiger partial charge in [0.2, 0.25) is 0 Å².